The summed E-state index contributed by atoms with van der Waals surface area (Å²) in [5, 5.41) is 0. The molecule has 0 unspecified atom stereocenters. The molecule has 0 spiro atoms. The third-order valence-corrected chi connectivity index (χ3v) is 4.48. The van der Waals surface area contributed by atoms with E-state index in [-0.39, 0.29) is 17.4 Å². The fourth-order valence-corrected chi connectivity index (χ4v) is 2.92. The predicted octanol–water partition coefficient (Wildman–Crippen LogP) is 5.00. The van der Waals surface area contributed by atoms with Gasteiger partial charge in [-0.2, -0.15) is 0 Å². The first-order chi connectivity index (χ1) is 13.3. The van der Waals surface area contributed by atoms with Gasteiger partial charge < -0.3 is 9.30 Å². The number of halogens is 1. The zero-order valence-electron chi connectivity index (χ0n) is 16.8. The molecule has 146 valence electrons. The van der Waals surface area contributed by atoms with Gasteiger partial charge in [-0.25, -0.2) is 14.4 Å². The van der Waals surface area contributed by atoms with Crippen molar-refractivity contribution in [1.82, 2.24) is 14.5 Å². The van der Waals surface area contributed by atoms with E-state index < -0.39 is 5.82 Å². The van der Waals surface area contributed by atoms with Crippen LogP contribution < -0.4 is 10.3 Å². The molecule has 0 atom stereocenters. The Labute approximate surface area is 163 Å². The molecule has 3 aromatic rings. The van der Waals surface area contributed by atoms with E-state index >= 15 is 0 Å². The highest BCUT2D eigenvalue weighted by Crippen LogP contribution is 2.33. The van der Waals surface area contributed by atoms with Gasteiger partial charge in [0.1, 0.15) is 11.5 Å². The SMILES string of the molecule is CCc1ncc(Oc2ccc(C)cc2F)c(-c2cc(C)c(=O)n(C(C)C)c2)n1. The van der Waals surface area contributed by atoms with Gasteiger partial charge in [0.25, 0.3) is 5.56 Å². The van der Waals surface area contributed by atoms with E-state index in [2.05, 4.69) is 9.97 Å². The third kappa shape index (κ3) is 3.96. The Morgan fingerprint density at radius 2 is 1.93 bits per heavy atom. The summed E-state index contributed by atoms with van der Waals surface area (Å²) in [5.41, 5.74) is 2.63. The van der Waals surface area contributed by atoms with Crippen LogP contribution in [-0.4, -0.2) is 14.5 Å². The first kappa shape index (κ1) is 19.7. The maximum Gasteiger partial charge on any atom is 0.253 e. The molecule has 0 aliphatic heterocycles. The minimum Gasteiger partial charge on any atom is -0.450 e. The number of aromatic nitrogens is 3. The molecule has 0 fully saturated rings. The number of pyridine rings is 1. The predicted molar refractivity (Wildman–Crippen MR) is 107 cm³/mol. The number of rotatable bonds is 5. The zero-order valence-corrected chi connectivity index (χ0v) is 16.8. The van der Waals surface area contributed by atoms with Crippen LogP contribution in [0.25, 0.3) is 11.3 Å². The van der Waals surface area contributed by atoms with Crippen molar-refractivity contribution in [3.8, 4) is 22.8 Å². The van der Waals surface area contributed by atoms with E-state index in [1.54, 1.807) is 42.1 Å². The number of hydrogen-bond donors (Lipinski definition) is 0. The van der Waals surface area contributed by atoms with E-state index in [4.69, 9.17) is 4.74 Å². The second kappa shape index (κ2) is 7.92. The van der Waals surface area contributed by atoms with Crippen molar-refractivity contribution in [2.75, 3.05) is 0 Å². The number of ether oxygens (including phenoxy) is 1. The lowest BCUT2D eigenvalue weighted by atomic mass is 10.1. The molecule has 3 rings (SSSR count). The maximum absolute atomic E-state index is 14.3. The van der Waals surface area contributed by atoms with Crippen molar-refractivity contribution in [2.24, 2.45) is 0 Å². The normalized spacial score (nSPS) is 11.1. The van der Waals surface area contributed by atoms with Crippen molar-refractivity contribution in [2.45, 2.75) is 47.1 Å². The summed E-state index contributed by atoms with van der Waals surface area (Å²) in [6.45, 7) is 9.43. The molecule has 2 aromatic heterocycles. The molecule has 0 saturated carbocycles. The lowest BCUT2D eigenvalue weighted by Crippen LogP contribution is -2.23. The van der Waals surface area contributed by atoms with Crippen LogP contribution in [0.4, 0.5) is 4.39 Å². The van der Waals surface area contributed by atoms with E-state index in [9.17, 15) is 9.18 Å². The molecule has 28 heavy (non-hydrogen) atoms. The number of nitrogens with zero attached hydrogens (tertiary/aromatic N) is 3. The van der Waals surface area contributed by atoms with Crippen LogP contribution in [0.3, 0.4) is 0 Å². The lowest BCUT2D eigenvalue weighted by molar-refractivity contribution is 0.439. The largest absolute Gasteiger partial charge is 0.450 e. The highest BCUT2D eigenvalue weighted by Gasteiger charge is 2.16. The van der Waals surface area contributed by atoms with Crippen molar-refractivity contribution in [3.05, 3.63) is 69.8 Å². The van der Waals surface area contributed by atoms with Gasteiger partial charge in [-0.3, -0.25) is 4.79 Å². The van der Waals surface area contributed by atoms with Crippen LogP contribution in [0.1, 0.15) is 43.8 Å². The van der Waals surface area contributed by atoms with Crippen molar-refractivity contribution >= 4 is 0 Å². The summed E-state index contributed by atoms with van der Waals surface area (Å²) in [5.74, 6) is 0.641. The van der Waals surface area contributed by atoms with Crippen LogP contribution in [0.5, 0.6) is 11.5 Å². The summed E-state index contributed by atoms with van der Waals surface area (Å²) in [6, 6.07) is 6.56. The number of aryl methyl sites for hydroxylation is 3. The first-order valence-corrected chi connectivity index (χ1v) is 9.33. The molecule has 0 aliphatic rings. The molecule has 0 N–H and O–H groups in total. The van der Waals surface area contributed by atoms with Crippen LogP contribution in [0.2, 0.25) is 0 Å². The molecule has 6 heteroatoms. The third-order valence-electron chi connectivity index (χ3n) is 4.48. The van der Waals surface area contributed by atoms with Crippen LogP contribution >= 0.6 is 0 Å². The quantitative estimate of drug-likeness (QED) is 0.624. The second-order valence-electron chi connectivity index (χ2n) is 7.11. The summed E-state index contributed by atoms with van der Waals surface area (Å²) in [7, 11) is 0. The van der Waals surface area contributed by atoms with Gasteiger partial charge in [0.2, 0.25) is 0 Å². The van der Waals surface area contributed by atoms with Crippen LogP contribution in [0.15, 0.2) is 41.5 Å². The molecule has 0 radical (unpaired) electrons. The highest BCUT2D eigenvalue weighted by molar-refractivity contribution is 5.66. The van der Waals surface area contributed by atoms with Gasteiger partial charge >= 0.3 is 0 Å². The molecule has 0 aliphatic carbocycles. The van der Waals surface area contributed by atoms with Crippen molar-refractivity contribution in [1.29, 1.82) is 0 Å². The molecule has 2 heterocycles. The Kier molecular flexibility index (Phi) is 5.58. The van der Waals surface area contributed by atoms with Crippen molar-refractivity contribution in [3.63, 3.8) is 0 Å². The second-order valence-corrected chi connectivity index (χ2v) is 7.11. The zero-order chi connectivity index (χ0) is 20.4. The summed E-state index contributed by atoms with van der Waals surface area (Å²) in [4.78, 5) is 21.3. The van der Waals surface area contributed by atoms with E-state index in [0.717, 1.165) is 11.1 Å². The Morgan fingerprint density at radius 3 is 2.57 bits per heavy atom. The standard InChI is InChI=1S/C22H24FN3O2/c1-6-20-24-11-19(28-18-8-7-14(4)9-17(18)23)21(25-20)16-10-15(5)22(27)26(12-16)13(2)3/h7-13H,6H2,1-5H3. The summed E-state index contributed by atoms with van der Waals surface area (Å²) >= 11 is 0. The molecule has 5 nitrogen and oxygen atoms in total. The molecule has 0 bridgehead atoms. The van der Waals surface area contributed by atoms with Gasteiger partial charge in [-0.1, -0.05) is 13.0 Å². The number of benzene rings is 1. The maximum atomic E-state index is 14.3. The highest BCUT2D eigenvalue weighted by atomic mass is 19.1. The fraction of sp³-hybridized carbons (Fsp3) is 0.318. The van der Waals surface area contributed by atoms with Gasteiger partial charge in [0.15, 0.2) is 17.3 Å². The minimum absolute atomic E-state index is 0.00227. The molecule has 0 amide bonds. The van der Waals surface area contributed by atoms with Gasteiger partial charge in [-0.05, 0) is 51.5 Å². The molecule has 1 aromatic carbocycles. The molecule has 0 saturated heterocycles. The van der Waals surface area contributed by atoms with E-state index in [0.29, 0.717) is 29.3 Å². The number of hydrogen-bond acceptors (Lipinski definition) is 4. The average molecular weight is 381 g/mol. The topological polar surface area (TPSA) is 57.0 Å². The molecular weight excluding hydrogens is 357 g/mol. The Morgan fingerprint density at radius 1 is 1.18 bits per heavy atom. The van der Waals surface area contributed by atoms with Gasteiger partial charge in [0, 0.05) is 29.8 Å². The Balaban J connectivity index is 2.16. The average Bonchev–Trinajstić information content (AvgIpc) is 2.66. The monoisotopic (exact) mass is 381 g/mol. The summed E-state index contributed by atoms with van der Waals surface area (Å²) in [6.07, 6.45) is 3.97. The van der Waals surface area contributed by atoms with Gasteiger partial charge in [-0.15, -0.1) is 0 Å². The van der Waals surface area contributed by atoms with Crippen molar-refractivity contribution < 1.29 is 9.13 Å². The minimum atomic E-state index is -0.450. The van der Waals surface area contributed by atoms with Crippen LogP contribution in [0, 0.1) is 19.7 Å². The first-order valence-electron chi connectivity index (χ1n) is 9.33. The Bertz CT molecular complexity index is 1070. The fourth-order valence-electron chi connectivity index (χ4n) is 2.92. The van der Waals surface area contributed by atoms with Gasteiger partial charge in [0.05, 0.1) is 6.20 Å². The summed E-state index contributed by atoms with van der Waals surface area (Å²) < 4.78 is 21.8. The van der Waals surface area contributed by atoms with E-state index in [1.807, 2.05) is 27.7 Å². The lowest BCUT2D eigenvalue weighted by Gasteiger charge is -2.16. The smallest absolute Gasteiger partial charge is 0.253 e. The Hall–Kier alpha value is -3.02. The molecular formula is C22H24FN3O2. The van der Waals surface area contributed by atoms with E-state index in [1.165, 1.54) is 6.07 Å². The van der Waals surface area contributed by atoms with Crippen LogP contribution in [-0.2, 0) is 6.42 Å².